The predicted molar refractivity (Wildman–Crippen MR) is 85.0 cm³/mol. The Morgan fingerprint density at radius 2 is 1.96 bits per heavy atom. The minimum absolute atomic E-state index is 0.113. The molecule has 2 aromatic rings. The van der Waals surface area contributed by atoms with Gasteiger partial charge in [-0.3, -0.25) is 15.0 Å². The molecule has 0 unspecified atom stereocenters. The van der Waals surface area contributed by atoms with Gasteiger partial charge in [0.05, 0.1) is 13.7 Å². The first-order chi connectivity index (χ1) is 11.1. The van der Waals surface area contributed by atoms with Crippen LogP contribution in [0.5, 0.6) is 5.75 Å². The number of nitrogens with one attached hydrogen (secondary N) is 2. The zero-order valence-corrected chi connectivity index (χ0v) is 12.9. The van der Waals surface area contributed by atoms with Crippen molar-refractivity contribution in [1.82, 2.24) is 15.1 Å². The van der Waals surface area contributed by atoms with Crippen LogP contribution in [0, 0.1) is 0 Å². The van der Waals surface area contributed by atoms with Crippen molar-refractivity contribution in [3.63, 3.8) is 0 Å². The van der Waals surface area contributed by atoms with Gasteiger partial charge in [-0.1, -0.05) is 0 Å². The first-order valence-corrected chi connectivity index (χ1v) is 7.15. The maximum absolute atomic E-state index is 12.6. The SMILES string of the molecule is CNC(=O)Nc1cc2n(n1)CCN2C(=O)c1ccc(OC)cc1. The highest BCUT2D eigenvalue weighted by Crippen LogP contribution is 2.26. The fourth-order valence-electron chi connectivity index (χ4n) is 2.43. The molecule has 2 N–H and O–H groups in total. The van der Waals surface area contributed by atoms with Gasteiger partial charge in [0.25, 0.3) is 5.91 Å². The fourth-order valence-corrected chi connectivity index (χ4v) is 2.43. The second-order valence-electron chi connectivity index (χ2n) is 5.00. The highest BCUT2D eigenvalue weighted by molar-refractivity contribution is 6.06. The van der Waals surface area contributed by atoms with E-state index in [0.29, 0.717) is 36.0 Å². The van der Waals surface area contributed by atoms with Crippen LogP contribution in [0.4, 0.5) is 16.4 Å². The molecule has 2 heterocycles. The van der Waals surface area contributed by atoms with Crippen LogP contribution in [0.1, 0.15) is 10.4 Å². The van der Waals surface area contributed by atoms with Crippen LogP contribution >= 0.6 is 0 Å². The van der Waals surface area contributed by atoms with E-state index in [1.807, 2.05) is 0 Å². The van der Waals surface area contributed by atoms with E-state index in [1.54, 1.807) is 47.0 Å². The van der Waals surface area contributed by atoms with Crippen LogP contribution in [0.15, 0.2) is 30.3 Å². The molecule has 0 spiro atoms. The van der Waals surface area contributed by atoms with Crippen molar-refractivity contribution in [3.05, 3.63) is 35.9 Å². The first-order valence-electron chi connectivity index (χ1n) is 7.15. The quantitative estimate of drug-likeness (QED) is 0.893. The second kappa shape index (κ2) is 5.99. The number of ether oxygens (including phenoxy) is 1. The number of rotatable bonds is 3. The number of urea groups is 1. The van der Waals surface area contributed by atoms with Crippen molar-refractivity contribution < 1.29 is 14.3 Å². The molecule has 0 radical (unpaired) electrons. The number of anilines is 2. The lowest BCUT2D eigenvalue weighted by Crippen LogP contribution is -2.29. The number of hydrogen-bond donors (Lipinski definition) is 2. The van der Waals surface area contributed by atoms with Crippen molar-refractivity contribution in [2.75, 3.05) is 30.9 Å². The van der Waals surface area contributed by atoms with Gasteiger partial charge in [-0.2, -0.15) is 5.10 Å². The predicted octanol–water partition coefficient (Wildman–Crippen LogP) is 1.30. The molecular weight excluding hydrogens is 298 g/mol. The van der Waals surface area contributed by atoms with Crippen molar-refractivity contribution >= 4 is 23.6 Å². The third kappa shape index (κ3) is 2.83. The van der Waals surface area contributed by atoms with Crippen LogP contribution in [0.25, 0.3) is 0 Å². The van der Waals surface area contributed by atoms with E-state index in [9.17, 15) is 9.59 Å². The Morgan fingerprint density at radius 1 is 1.22 bits per heavy atom. The van der Waals surface area contributed by atoms with Crippen LogP contribution < -0.4 is 20.3 Å². The number of carbonyl (C=O) groups excluding carboxylic acids is 2. The minimum Gasteiger partial charge on any atom is -0.497 e. The van der Waals surface area contributed by atoms with E-state index in [1.165, 1.54) is 7.05 Å². The number of nitrogens with zero attached hydrogens (tertiary/aromatic N) is 3. The van der Waals surface area contributed by atoms with E-state index in [2.05, 4.69) is 15.7 Å². The topological polar surface area (TPSA) is 88.5 Å². The summed E-state index contributed by atoms with van der Waals surface area (Å²) >= 11 is 0. The standard InChI is InChI=1S/C15H17N5O3/c1-16-15(22)17-12-9-13-19(7-8-20(13)18-12)14(21)10-3-5-11(23-2)6-4-10/h3-6,9H,7-8H2,1-2H3,(H2,16,17,18,22). The third-order valence-corrected chi connectivity index (χ3v) is 3.62. The highest BCUT2D eigenvalue weighted by atomic mass is 16.5. The summed E-state index contributed by atoms with van der Waals surface area (Å²) < 4.78 is 6.80. The molecular formula is C15H17N5O3. The summed E-state index contributed by atoms with van der Waals surface area (Å²) in [6.07, 6.45) is 0. The lowest BCUT2D eigenvalue weighted by atomic mass is 10.2. The van der Waals surface area contributed by atoms with Gasteiger partial charge in [0, 0.05) is 25.2 Å². The van der Waals surface area contributed by atoms with E-state index in [-0.39, 0.29) is 11.9 Å². The summed E-state index contributed by atoms with van der Waals surface area (Å²) in [5.41, 5.74) is 0.571. The van der Waals surface area contributed by atoms with E-state index < -0.39 is 0 Å². The molecule has 1 aliphatic rings. The lowest BCUT2D eigenvalue weighted by Gasteiger charge is -2.15. The molecule has 0 bridgehead atoms. The van der Waals surface area contributed by atoms with Gasteiger partial charge in [0.1, 0.15) is 11.6 Å². The average Bonchev–Trinajstić information content (AvgIpc) is 3.14. The normalized spacial score (nSPS) is 12.7. The number of carbonyl (C=O) groups is 2. The molecule has 0 saturated carbocycles. The summed E-state index contributed by atoms with van der Waals surface area (Å²) in [6.45, 7) is 1.14. The van der Waals surface area contributed by atoms with Gasteiger partial charge in [0.2, 0.25) is 0 Å². The largest absolute Gasteiger partial charge is 0.497 e. The van der Waals surface area contributed by atoms with Gasteiger partial charge >= 0.3 is 6.03 Å². The number of aromatic nitrogens is 2. The highest BCUT2D eigenvalue weighted by Gasteiger charge is 2.27. The van der Waals surface area contributed by atoms with Crippen molar-refractivity contribution in [1.29, 1.82) is 0 Å². The van der Waals surface area contributed by atoms with E-state index >= 15 is 0 Å². The van der Waals surface area contributed by atoms with Crippen molar-refractivity contribution in [2.24, 2.45) is 0 Å². The molecule has 0 atom stereocenters. The molecule has 8 nitrogen and oxygen atoms in total. The maximum Gasteiger partial charge on any atom is 0.320 e. The maximum atomic E-state index is 12.6. The zero-order chi connectivity index (χ0) is 16.4. The Hall–Kier alpha value is -3.03. The third-order valence-electron chi connectivity index (χ3n) is 3.62. The van der Waals surface area contributed by atoms with Gasteiger partial charge < -0.3 is 10.1 Å². The summed E-state index contributed by atoms with van der Waals surface area (Å²) in [6, 6.07) is 8.28. The van der Waals surface area contributed by atoms with Gasteiger partial charge in [-0.25, -0.2) is 9.48 Å². The van der Waals surface area contributed by atoms with Gasteiger partial charge in [0.15, 0.2) is 5.82 Å². The van der Waals surface area contributed by atoms with Crippen LogP contribution in [-0.4, -0.2) is 42.4 Å². The van der Waals surface area contributed by atoms with Crippen LogP contribution in [0.2, 0.25) is 0 Å². The molecule has 1 aromatic carbocycles. The summed E-state index contributed by atoms with van der Waals surface area (Å²) in [4.78, 5) is 25.6. The molecule has 0 saturated heterocycles. The number of amides is 3. The molecule has 1 aromatic heterocycles. The molecule has 23 heavy (non-hydrogen) atoms. The fraction of sp³-hybridized carbons (Fsp3) is 0.267. The van der Waals surface area contributed by atoms with E-state index in [0.717, 1.165) is 0 Å². The number of benzene rings is 1. The Kier molecular flexibility index (Phi) is 3.88. The lowest BCUT2D eigenvalue weighted by molar-refractivity contribution is 0.0989. The van der Waals surface area contributed by atoms with Crippen LogP contribution in [0.3, 0.4) is 0 Å². The second-order valence-corrected chi connectivity index (χ2v) is 5.00. The summed E-state index contributed by atoms with van der Waals surface area (Å²) in [5.74, 6) is 1.66. The number of methoxy groups -OCH3 is 1. The molecule has 3 amide bonds. The Labute approximate surface area is 133 Å². The van der Waals surface area contributed by atoms with E-state index in [4.69, 9.17) is 4.74 Å². The van der Waals surface area contributed by atoms with Gasteiger partial charge in [-0.05, 0) is 24.3 Å². The molecule has 0 fully saturated rings. The van der Waals surface area contributed by atoms with Crippen molar-refractivity contribution in [3.8, 4) is 5.75 Å². The summed E-state index contributed by atoms with van der Waals surface area (Å²) in [5, 5.41) is 9.32. The Morgan fingerprint density at radius 3 is 2.61 bits per heavy atom. The Balaban J connectivity index is 1.80. The monoisotopic (exact) mass is 315 g/mol. The minimum atomic E-state index is -0.352. The average molecular weight is 315 g/mol. The number of fused-ring (bicyclic) bond motifs is 1. The number of hydrogen-bond acceptors (Lipinski definition) is 4. The first kappa shape index (κ1) is 14.9. The molecule has 8 heteroatoms. The van der Waals surface area contributed by atoms with Crippen molar-refractivity contribution in [2.45, 2.75) is 6.54 Å². The molecule has 120 valence electrons. The smallest absolute Gasteiger partial charge is 0.320 e. The molecule has 0 aliphatic carbocycles. The Bertz CT molecular complexity index is 738. The summed E-state index contributed by atoms with van der Waals surface area (Å²) in [7, 11) is 3.11. The van der Waals surface area contributed by atoms with Crippen LogP contribution in [-0.2, 0) is 6.54 Å². The van der Waals surface area contributed by atoms with Gasteiger partial charge in [-0.15, -0.1) is 0 Å². The zero-order valence-electron chi connectivity index (χ0n) is 12.9. The molecule has 1 aliphatic heterocycles. The molecule has 3 rings (SSSR count).